The van der Waals surface area contributed by atoms with Crippen LogP contribution in [0.4, 0.5) is 5.95 Å². The summed E-state index contributed by atoms with van der Waals surface area (Å²) in [4.78, 5) is 41.9. The molecule has 0 fully saturated rings. The van der Waals surface area contributed by atoms with Crippen LogP contribution in [0, 0.1) is 6.92 Å². The predicted molar refractivity (Wildman–Crippen MR) is 87.9 cm³/mol. The van der Waals surface area contributed by atoms with Crippen molar-refractivity contribution in [2.75, 3.05) is 18.1 Å². The summed E-state index contributed by atoms with van der Waals surface area (Å²) in [5.74, 6) is 4.88. The number of nitrogens with zero attached hydrogens (tertiary/aromatic N) is 3. The zero-order chi connectivity index (χ0) is 17.4. The Morgan fingerprint density at radius 3 is 2.25 bits per heavy atom. The second-order valence-electron chi connectivity index (χ2n) is 5.62. The van der Waals surface area contributed by atoms with Crippen molar-refractivity contribution in [2.45, 2.75) is 19.8 Å². The van der Waals surface area contributed by atoms with E-state index in [1.54, 1.807) is 31.2 Å². The molecule has 8 nitrogen and oxygen atoms in total. The number of fused-ring (bicyclic) bond motifs is 1. The van der Waals surface area contributed by atoms with Gasteiger partial charge in [0, 0.05) is 12.1 Å². The molecule has 0 spiro atoms. The van der Waals surface area contributed by atoms with Gasteiger partial charge in [-0.15, -0.1) is 0 Å². The van der Waals surface area contributed by atoms with E-state index in [2.05, 4.69) is 4.98 Å². The van der Waals surface area contributed by atoms with Crippen molar-refractivity contribution >= 4 is 17.8 Å². The molecule has 0 saturated carbocycles. The third kappa shape index (κ3) is 2.41. The van der Waals surface area contributed by atoms with Gasteiger partial charge in [0.25, 0.3) is 17.4 Å². The highest BCUT2D eigenvalue weighted by atomic mass is 16.2. The van der Waals surface area contributed by atoms with E-state index in [0.29, 0.717) is 35.2 Å². The number of hydrogen-bond acceptors (Lipinski definition) is 6. The Morgan fingerprint density at radius 2 is 1.67 bits per heavy atom. The number of aryl methyl sites for hydroxylation is 1. The quantitative estimate of drug-likeness (QED) is 0.605. The van der Waals surface area contributed by atoms with Crippen LogP contribution in [0.5, 0.6) is 0 Å². The van der Waals surface area contributed by atoms with Crippen molar-refractivity contribution in [1.29, 1.82) is 0 Å². The molecule has 4 N–H and O–H groups in total. The number of hydrogen-bond donors (Lipinski definition) is 2. The van der Waals surface area contributed by atoms with Crippen LogP contribution in [-0.4, -0.2) is 32.9 Å². The lowest BCUT2D eigenvalue weighted by atomic mass is 10.1. The highest BCUT2D eigenvalue weighted by molar-refractivity contribution is 6.21. The fraction of sp³-hybridized carbons (Fsp3) is 0.250. The molecule has 1 aromatic heterocycles. The normalized spacial score (nSPS) is 13.5. The number of amides is 2. The van der Waals surface area contributed by atoms with Crippen LogP contribution in [-0.2, 0) is 6.42 Å². The molecule has 0 radical (unpaired) electrons. The Morgan fingerprint density at radius 1 is 1.08 bits per heavy atom. The van der Waals surface area contributed by atoms with Crippen LogP contribution in [0.25, 0.3) is 0 Å². The molecule has 2 aromatic rings. The van der Waals surface area contributed by atoms with Gasteiger partial charge in [-0.3, -0.25) is 19.3 Å². The predicted octanol–water partition coefficient (Wildman–Crippen LogP) is 0.0765. The first-order valence-corrected chi connectivity index (χ1v) is 7.50. The Labute approximate surface area is 137 Å². The Kier molecular flexibility index (Phi) is 3.80. The maximum atomic E-state index is 12.3. The Bertz CT molecular complexity index is 868. The number of carbonyl (C=O) groups excluding carboxylic acids is 2. The smallest absolute Gasteiger partial charge is 0.276 e. The highest BCUT2D eigenvalue weighted by Crippen LogP contribution is 2.22. The summed E-state index contributed by atoms with van der Waals surface area (Å²) in [6.45, 7) is 1.90. The Hall–Kier alpha value is -3.16. The molecule has 2 heterocycles. The number of rotatable bonds is 4. The zero-order valence-electron chi connectivity index (χ0n) is 13.2. The summed E-state index contributed by atoms with van der Waals surface area (Å²) in [6, 6.07) is 6.72. The average Bonchev–Trinajstić information content (AvgIpc) is 2.81. The first-order valence-electron chi connectivity index (χ1n) is 7.50. The molecular weight excluding hydrogens is 310 g/mol. The molecule has 1 aromatic carbocycles. The minimum absolute atomic E-state index is 0.0541. The number of benzene rings is 1. The van der Waals surface area contributed by atoms with Crippen LogP contribution >= 0.6 is 0 Å². The van der Waals surface area contributed by atoms with Gasteiger partial charge in [0.15, 0.2) is 0 Å². The molecule has 0 saturated heterocycles. The lowest BCUT2D eigenvalue weighted by Gasteiger charge is -2.14. The van der Waals surface area contributed by atoms with E-state index in [4.69, 9.17) is 11.6 Å². The lowest BCUT2D eigenvalue weighted by molar-refractivity contribution is 0.0652. The Balaban J connectivity index is 1.73. The SMILES string of the molecule is Cc1nc(N)n(N)c(=O)c1CCCN1C(=O)c2ccccc2C1=O. The van der Waals surface area contributed by atoms with E-state index in [9.17, 15) is 14.4 Å². The second-order valence-corrected chi connectivity index (χ2v) is 5.62. The molecule has 0 aliphatic carbocycles. The van der Waals surface area contributed by atoms with Gasteiger partial charge in [0.1, 0.15) is 0 Å². The van der Waals surface area contributed by atoms with Gasteiger partial charge < -0.3 is 11.6 Å². The van der Waals surface area contributed by atoms with Gasteiger partial charge in [-0.05, 0) is 31.9 Å². The summed E-state index contributed by atoms with van der Waals surface area (Å²) in [6.07, 6.45) is 0.787. The van der Waals surface area contributed by atoms with Gasteiger partial charge >= 0.3 is 0 Å². The number of nitrogens with two attached hydrogens (primary N) is 2. The largest absolute Gasteiger partial charge is 0.368 e. The van der Waals surface area contributed by atoms with Crippen molar-refractivity contribution in [3.05, 3.63) is 57.0 Å². The van der Waals surface area contributed by atoms with Crippen molar-refractivity contribution in [1.82, 2.24) is 14.6 Å². The van der Waals surface area contributed by atoms with Crippen molar-refractivity contribution < 1.29 is 9.59 Å². The molecule has 3 rings (SSSR count). The van der Waals surface area contributed by atoms with E-state index < -0.39 is 5.56 Å². The van der Waals surface area contributed by atoms with Crippen molar-refractivity contribution in [3.8, 4) is 0 Å². The topological polar surface area (TPSA) is 124 Å². The van der Waals surface area contributed by atoms with E-state index >= 15 is 0 Å². The number of aromatic nitrogens is 2. The first kappa shape index (κ1) is 15.7. The van der Waals surface area contributed by atoms with E-state index in [1.807, 2.05) is 0 Å². The highest BCUT2D eigenvalue weighted by Gasteiger charge is 2.34. The van der Waals surface area contributed by atoms with Crippen LogP contribution < -0.4 is 17.1 Å². The number of anilines is 1. The molecule has 24 heavy (non-hydrogen) atoms. The summed E-state index contributed by atoms with van der Waals surface area (Å²) >= 11 is 0. The number of nitrogen functional groups attached to an aromatic ring is 2. The fourth-order valence-corrected chi connectivity index (χ4v) is 2.84. The molecule has 1 aliphatic rings. The fourth-order valence-electron chi connectivity index (χ4n) is 2.84. The van der Waals surface area contributed by atoms with Gasteiger partial charge in [-0.2, -0.15) is 4.68 Å². The van der Waals surface area contributed by atoms with Crippen LogP contribution in [0.2, 0.25) is 0 Å². The average molecular weight is 327 g/mol. The summed E-state index contributed by atoms with van der Waals surface area (Å²) in [7, 11) is 0. The third-order valence-corrected chi connectivity index (χ3v) is 4.13. The van der Waals surface area contributed by atoms with E-state index in [1.165, 1.54) is 4.90 Å². The standard InChI is InChI=1S/C16H17N5O3/c1-9-10(15(24)21(18)16(17)19-9)7-4-8-20-13(22)11-5-2-3-6-12(11)14(20)23/h2-3,5-6H,4,7-8,18H2,1H3,(H2,17,19). The summed E-state index contributed by atoms with van der Waals surface area (Å²) in [5.41, 5.74) is 6.88. The monoisotopic (exact) mass is 327 g/mol. The van der Waals surface area contributed by atoms with Crippen LogP contribution in [0.3, 0.4) is 0 Å². The minimum Gasteiger partial charge on any atom is -0.368 e. The van der Waals surface area contributed by atoms with Crippen molar-refractivity contribution in [3.63, 3.8) is 0 Å². The summed E-state index contributed by atoms with van der Waals surface area (Å²) < 4.78 is 0.796. The maximum absolute atomic E-state index is 12.3. The molecular formula is C16H17N5O3. The number of imide groups is 1. The maximum Gasteiger partial charge on any atom is 0.276 e. The molecule has 2 amide bonds. The molecule has 0 bridgehead atoms. The van der Waals surface area contributed by atoms with Gasteiger partial charge in [0.2, 0.25) is 5.95 Å². The van der Waals surface area contributed by atoms with Crippen molar-refractivity contribution in [2.24, 2.45) is 0 Å². The number of carbonyl (C=O) groups is 2. The van der Waals surface area contributed by atoms with Gasteiger partial charge in [0.05, 0.1) is 16.8 Å². The third-order valence-electron chi connectivity index (χ3n) is 4.13. The van der Waals surface area contributed by atoms with E-state index in [-0.39, 0.29) is 24.3 Å². The molecule has 0 unspecified atom stereocenters. The zero-order valence-corrected chi connectivity index (χ0v) is 13.2. The minimum atomic E-state index is -0.414. The first-order chi connectivity index (χ1) is 11.4. The molecule has 1 aliphatic heterocycles. The van der Waals surface area contributed by atoms with Gasteiger partial charge in [-0.25, -0.2) is 4.98 Å². The lowest BCUT2D eigenvalue weighted by Crippen LogP contribution is -2.35. The van der Waals surface area contributed by atoms with Crippen LogP contribution in [0.15, 0.2) is 29.1 Å². The van der Waals surface area contributed by atoms with Gasteiger partial charge in [-0.1, -0.05) is 12.1 Å². The molecule has 124 valence electrons. The molecule has 8 heteroatoms. The van der Waals surface area contributed by atoms with E-state index in [0.717, 1.165) is 4.68 Å². The molecule has 0 atom stereocenters. The summed E-state index contributed by atoms with van der Waals surface area (Å²) in [5, 5.41) is 0. The van der Waals surface area contributed by atoms with Crippen LogP contribution in [0.1, 0.15) is 38.4 Å². The second kappa shape index (κ2) is 5.80.